The third kappa shape index (κ3) is 3.74. The molecular formula is C27H30F3N5O. The van der Waals surface area contributed by atoms with E-state index in [2.05, 4.69) is 20.9 Å². The number of amides is 1. The van der Waals surface area contributed by atoms with Crippen LogP contribution in [0, 0.1) is 11.7 Å². The quantitative estimate of drug-likeness (QED) is 0.598. The van der Waals surface area contributed by atoms with E-state index in [1.54, 1.807) is 6.20 Å². The molecular weight excluding hydrogens is 467 g/mol. The number of halogens is 3. The summed E-state index contributed by atoms with van der Waals surface area (Å²) in [5.41, 5.74) is 2.65. The molecule has 3 fully saturated rings. The van der Waals surface area contributed by atoms with E-state index in [-0.39, 0.29) is 36.0 Å². The first-order valence-electron chi connectivity index (χ1n) is 13.1. The van der Waals surface area contributed by atoms with Crippen molar-refractivity contribution in [2.75, 3.05) is 29.9 Å². The lowest BCUT2D eigenvalue weighted by molar-refractivity contribution is 0.0932. The number of pyridine rings is 1. The van der Waals surface area contributed by atoms with Crippen molar-refractivity contribution in [3.8, 4) is 0 Å². The Morgan fingerprint density at radius 2 is 1.94 bits per heavy atom. The Balaban J connectivity index is 1.12. The maximum atomic E-state index is 15.4. The normalized spacial score (nSPS) is 29.8. The second-order valence-corrected chi connectivity index (χ2v) is 11.2. The first kappa shape index (κ1) is 22.4. The van der Waals surface area contributed by atoms with E-state index in [4.69, 9.17) is 0 Å². The number of alkyl halides is 2. The summed E-state index contributed by atoms with van der Waals surface area (Å²) in [6, 6.07) is 3.45. The summed E-state index contributed by atoms with van der Waals surface area (Å²) in [6.07, 6.45) is 3.10. The first-order valence-corrected chi connectivity index (χ1v) is 13.1. The molecule has 5 aliphatic rings. The topological polar surface area (TPSA) is 69.3 Å². The maximum absolute atomic E-state index is 15.4. The van der Waals surface area contributed by atoms with E-state index in [1.165, 1.54) is 6.07 Å². The van der Waals surface area contributed by atoms with E-state index in [0.717, 1.165) is 37.2 Å². The van der Waals surface area contributed by atoms with E-state index in [1.807, 2.05) is 11.0 Å². The van der Waals surface area contributed by atoms with Gasteiger partial charge in [0, 0.05) is 55.2 Å². The molecule has 1 amide bonds. The van der Waals surface area contributed by atoms with E-state index < -0.39 is 12.2 Å². The highest BCUT2D eigenvalue weighted by Crippen LogP contribution is 2.52. The van der Waals surface area contributed by atoms with Crippen LogP contribution in [0.3, 0.4) is 0 Å². The largest absolute Gasteiger partial charge is 0.370 e. The van der Waals surface area contributed by atoms with Gasteiger partial charge in [-0.3, -0.25) is 4.79 Å². The van der Waals surface area contributed by atoms with Crippen LogP contribution in [0.15, 0.2) is 18.3 Å². The second kappa shape index (κ2) is 8.36. The van der Waals surface area contributed by atoms with Gasteiger partial charge in [-0.1, -0.05) is 0 Å². The van der Waals surface area contributed by atoms with Gasteiger partial charge in [-0.05, 0) is 79.2 Å². The van der Waals surface area contributed by atoms with Crippen LogP contribution in [-0.4, -0.2) is 48.7 Å². The zero-order chi connectivity index (χ0) is 24.6. The number of fused-ring (bicyclic) bond motifs is 6. The fraction of sp³-hybridized carbons (Fsp3) is 0.556. The number of benzene rings is 1. The molecule has 2 aliphatic carbocycles. The lowest BCUT2D eigenvalue weighted by Gasteiger charge is -2.37. The second-order valence-electron chi connectivity index (χ2n) is 11.2. The third-order valence-corrected chi connectivity index (χ3v) is 8.85. The minimum Gasteiger partial charge on any atom is -0.370 e. The Morgan fingerprint density at radius 3 is 2.72 bits per heavy atom. The molecule has 3 aliphatic heterocycles. The lowest BCUT2D eigenvalue weighted by Crippen LogP contribution is -2.51. The molecule has 1 aromatic carbocycles. The molecule has 6 nitrogen and oxygen atoms in total. The van der Waals surface area contributed by atoms with Crippen molar-refractivity contribution in [1.82, 2.24) is 15.6 Å². The molecule has 0 radical (unpaired) electrons. The van der Waals surface area contributed by atoms with E-state index in [0.29, 0.717) is 60.1 Å². The molecule has 1 aromatic heterocycles. The Morgan fingerprint density at radius 1 is 1.14 bits per heavy atom. The van der Waals surface area contributed by atoms with Crippen molar-refractivity contribution in [1.29, 1.82) is 0 Å². The van der Waals surface area contributed by atoms with Gasteiger partial charge >= 0.3 is 0 Å². The molecule has 36 heavy (non-hydrogen) atoms. The SMILES string of the molecule is O=C(N[C@@H]1CCc2c(c(F)cc(N3CC4CCC(C3)N4)c2C(F)F)C1)c1cnc2c(c1)[C@H]1C[C@H]1CN2. The van der Waals surface area contributed by atoms with Crippen molar-refractivity contribution >= 4 is 17.4 Å². The van der Waals surface area contributed by atoms with Gasteiger partial charge in [0.15, 0.2) is 0 Å². The van der Waals surface area contributed by atoms with Crippen LogP contribution in [0.5, 0.6) is 0 Å². The van der Waals surface area contributed by atoms with Gasteiger partial charge in [-0.25, -0.2) is 18.2 Å². The van der Waals surface area contributed by atoms with Crippen molar-refractivity contribution in [2.45, 2.75) is 69.0 Å². The average Bonchev–Trinajstić information content (AvgIpc) is 3.60. The monoisotopic (exact) mass is 497 g/mol. The molecule has 2 unspecified atom stereocenters. The highest BCUT2D eigenvalue weighted by atomic mass is 19.3. The number of nitrogens with one attached hydrogen (secondary N) is 3. The molecule has 5 atom stereocenters. The number of carbonyl (C=O) groups excluding carboxylic acids is 1. The Kier molecular flexibility index (Phi) is 5.20. The fourth-order valence-electron chi connectivity index (χ4n) is 6.93. The summed E-state index contributed by atoms with van der Waals surface area (Å²) in [7, 11) is 0. The number of carbonyl (C=O) groups is 1. The molecule has 2 saturated heterocycles. The molecule has 3 N–H and O–H groups in total. The van der Waals surface area contributed by atoms with Gasteiger partial charge in [-0.15, -0.1) is 0 Å². The summed E-state index contributed by atoms with van der Waals surface area (Å²) < 4.78 is 44.1. The van der Waals surface area contributed by atoms with Gasteiger partial charge in [0.05, 0.1) is 5.56 Å². The molecule has 2 aromatic rings. The third-order valence-electron chi connectivity index (χ3n) is 8.85. The Bertz CT molecular complexity index is 1220. The highest BCUT2D eigenvalue weighted by molar-refractivity contribution is 5.94. The standard InChI is InChI=1S/C27H30F3N5O/c28-22-8-23(35-11-16-1-2-17(12-35)33-16)24(25(29)30)18-4-3-15(7-20(18)22)34-27(36)14-6-21-19-5-13(19)9-31-26(21)32-10-14/h6,8,10,13,15-17,19,25,33H,1-5,7,9,11-12H2,(H,31,32)(H,34,36)/t13-,15+,16?,17?,19-/m0/s1. The van der Waals surface area contributed by atoms with Crippen molar-refractivity contribution < 1.29 is 18.0 Å². The number of piperazine rings is 1. The molecule has 7 rings (SSSR count). The number of aromatic nitrogens is 1. The Hall–Kier alpha value is -2.81. The summed E-state index contributed by atoms with van der Waals surface area (Å²) in [4.78, 5) is 19.4. The van der Waals surface area contributed by atoms with Gasteiger partial charge in [0.2, 0.25) is 0 Å². The van der Waals surface area contributed by atoms with Crippen LogP contribution in [0.1, 0.15) is 70.6 Å². The molecule has 0 spiro atoms. The fourth-order valence-corrected chi connectivity index (χ4v) is 6.93. The van der Waals surface area contributed by atoms with E-state index >= 15 is 4.39 Å². The zero-order valence-corrected chi connectivity index (χ0v) is 20.0. The van der Waals surface area contributed by atoms with Crippen molar-refractivity contribution in [3.05, 3.63) is 52.0 Å². The first-order chi connectivity index (χ1) is 17.4. The zero-order valence-electron chi connectivity index (χ0n) is 20.0. The van der Waals surface area contributed by atoms with Crippen LogP contribution < -0.4 is 20.9 Å². The molecule has 4 heterocycles. The summed E-state index contributed by atoms with van der Waals surface area (Å²) in [6.45, 7) is 2.18. The lowest BCUT2D eigenvalue weighted by atomic mass is 9.83. The number of anilines is 2. The summed E-state index contributed by atoms with van der Waals surface area (Å²) >= 11 is 0. The molecule has 1 saturated carbocycles. The number of nitrogens with zero attached hydrogens (tertiary/aromatic N) is 2. The van der Waals surface area contributed by atoms with Gasteiger partial charge < -0.3 is 20.9 Å². The molecule has 2 bridgehead atoms. The number of hydrogen-bond acceptors (Lipinski definition) is 5. The van der Waals surface area contributed by atoms with Gasteiger partial charge in [-0.2, -0.15) is 0 Å². The molecule has 9 heteroatoms. The van der Waals surface area contributed by atoms with Crippen molar-refractivity contribution in [3.63, 3.8) is 0 Å². The Labute approximate surface area is 208 Å². The van der Waals surface area contributed by atoms with Crippen LogP contribution in [0.2, 0.25) is 0 Å². The van der Waals surface area contributed by atoms with Gasteiger partial charge in [0.1, 0.15) is 11.6 Å². The minimum absolute atomic E-state index is 0.0251. The summed E-state index contributed by atoms with van der Waals surface area (Å²) in [5.74, 6) is 1.26. The minimum atomic E-state index is -2.67. The van der Waals surface area contributed by atoms with Crippen LogP contribution in [0.4, 0.5) is 24.7 Å². The van der Waals surface area contributed by atoms with Crippen LogP contribution in [-0.2, 0) is 12.8 Å². The van der Waals surface area contributed by atoms with Crippen molar-refractivity contribution in [2.24, 2.45) is 5.92 Å². The number of rotatable bonds is 4. The predicted molar refractivity (Wildman–Crippen MR) is 130 cm³/mol. The molecule has 190 valence electrons. The average molecular weight is 498 g/mol. The van der Waals surface area contributed by atoms with Crippen LogP contribution in [0.25, 0.3) is 0 Å². The smallest absolute Gasteiger partial charge is 0.266 e. The maximum Gasteiger partial charge on any atom is 0.266 e. The number of hydrogen-bond donors (Lipinski definition) is 3. The predicted octanol–water partition coefficient (Wildman–Crippen LogP) is 3.92. The highest BCUT2D eigenvalue weighted by Gasteiger charge is 2.43. The van der Waals surface area contributed by atoms with Crippen LogP contribution >= 0.6 is 0 Å². The summed E-state index contributed by atoms with van der Waals surface area (Å²) in [5, 5.41) is 9.83. The van der Waals surface area contributed by atoms with E-state index in [9.17, 15) is 13.6 Å². The van der Waals surface area contributed by atoms with Gasteiger partial charge in [0.25, 0.3) is 12.3 Å².